The average Bonchev–Trinajstić information content (AvgIpc) is 2.78. The van der Waals surface area contributed by atoms with Gasteiger partial charge in [0.2, 0.25) is 0 Å². The molecule has 0 aromatic rings. The zero-order valence-electron chi connectivity index (χ0n) is 18.4. The van der Waals surface area contributed by atoms with Crippen LogP contribution >= 0.6 is 0 Å². The SMILES string of the molecule is C=C/C(=C\N(N)C1CCN(C(=O)OC(C)(C)C)CC1)B1OC(C)(C)C(C)(C)O1. The van der Waals surface area contributed by atoms with Crippen LogP contribution in [0.4, 0.5) is 4.79 Å². The molecule has 2 saturated heterocycles. The van der Waals surface area contributed by atoms with Crippen molar-refractivity contribution < 1.29 is 18.8 Å². The van der Waals surface area contributed by atoms with Crippen molar-refractivity contribution in [2.24, 2.45) is 5.84 Å². The first-order valence-corrected chi connectivity index (χ1v) is 9.96. The Labute approximate surface area is 170 Å². The van der Waals surface area contributed by atoms with E-state index in [1.165, 1.54) is 0 Å². The second-order valence-corrected chi connectivity index (χ2v) is 9.57. The highest BCUT2D eigenvalue weighted by molar-refractivity contribution is 6.55. The minimum atomic E-state index is -0.504. The van der Waals surface area contributed by atoms with Gasteiger partial charge in [-0.1, -0.05) is 12.7 Å². The summed E-state index contributed by atoms with van der Waals surface area (Å²) in [6.45, 7) is 18.8. The molecular formula is C20H36BN3O4. The third-order valence-corrected chi connectivity index (χ3v) is 5.60. The molecule has 7 nitrogen and oxygen atoms in total. The lowest BCUT2D eigenvalue weighted by molar-refractivity contribution is 0.00578. The number of amides is 1. The Morgan fingerprint density at radius 3 is 2.14 bits per heavy atom. The Morgan fingerprint density at radius 2 is 1.71 bits per heavy atom. The lowest BCUT2D eigenvalue weighted by Gasteiger charge is -2.36. The van der Waals surface area contributed by atoms with Gasteiger partial charge in [0.15, 0.2) is 0 Å². The molecule has 0 spiro atoms. The van der Waals surface area contributed by atoms with Crippen LogP contribution in [0.3, 0.4) is 0 Å². The van der Waals surface area contributed by atoms with Crippen molar-refractivity contribution in [1.82, 2.24) is 9.91 Å². The third kappa shape index (κ3) is 5.30. The summed E-state index contributed by atoms with van der Waals surface area (Å²) in [5.74, 6) is 6.31. The first-order chi connectivity index (χ1) is 12.8. The highest BCUT2D eigenvalue weighted by Gasteiger charge is 2.52. The summed E-state index contributed by atoms with van der Waals surface area (Å²) in [6, 6.07) is 0.121. The van der Waals surface area contributed by atoms with Crippen LogP contribution < -0.4 is 5.84 Å². The van der Waals surface area contributed by atoms with E-state index in [1.54, 1.807) is 16.0 Å². The fraction of sp³-hybridized carbons (Fsp3) is 0.750. The van der Waals surface area contributed by atoms with Crippen LogP contribution in [0.5, 0.6) is 0 Å². The summed E-state index contributed by atoms with van der Waals surface area (Å²) < 4.78 is 17.6. The number of rotatable bonds is 4. The monoisotopic (exact) mass is 393 g/mol. The van der Waals surface area contributed by atoms with E-state index < -0.39 is 23.9 Å². The average molecular weight is 393 g/mol. The van der Waals surface area contributed by atoms with Crippen LogP contribution in [-0.2, 0) is 14.0 Å². The molecule has 2 aliphatic heterocycles. The molecule has 2 fully saturated rings. The molecule has 0 aromatic carbocycles. The maximum atomic E-state index is 12.2. The number of likely N-dealkylation sites (tertiary alicyclic amines) is 1. The van der Waals surface area contributed by atoms with Crippen LogP contribution in [0, 0.1) is 0 Å². The van der Waals surface area contributed by atoms with E-state index in [9.17, 15) is 4.79 Å². The molecule has 2 rings (SSSR count). The summed E-state index contributed by atoms with van der Waals surface area (Å²) >= 11 is 0. The Hall–Kier alpha value is -1.51. The number of nitrogens with zero attached hydrogens (tertiary/aromatic N) is 2. The van der Waals surface area contributed by atoms with E-state index in [1.807, 2.05) is 54.7 Å². The molecule has 0 radical (unpaired) electrons. The van der Waals surface area contributed by atoms with Gasteiger partial charge in [0.05, 0.1) is 11.2 Å². The van der Waals surface area contributed by atoms with Crippen molar-refractivity contribution in [3.8, 4) is 0 Å². The van der Waals surface area contributed by atoms with E-state index in [2.05, 4.69) is 6.58 Å². The van der Waals surface area contributed by atoms with Crippen molar-refractivity contribution >= 4 is 13.2 Å². The summed E-state index contributed by atoms with van der Waals surface area (Å²) in [7, 11) is -0.504. The summed E-state index contributed by atoms with van der Waals surface area (Å²) in [6.07, 6.45) is 4.81. The van der Waals surface area contributed by atoms with Gasteiger partial charge in [-0.15, -0.1) is 0 Å². The molecule has 2 N–H and O–H groups in total. The molecule has 8 heteroatoms. The molecule has 0 atom stereocenters. The number of hydrazine groups is 1. The topological polar surface area (TPSA) is 77.3 Å². The fourth-order valence-electron chi connectivity index (χ4n) is 3.14. The number of carbonyl (C=O) groups is 1. The standard InChI is InChI=1S/C20H36BN3O4/c1-9-15(21-27-19(5,6)20(7,8)28-21)14-24(22)16-10-12-23(13-11-16)17(25)26-18(2,3)4/h9,14,16H,1,10-13,22H2,2-8H3/b15-14+. The molecule has 1 amide bonds. The highest BCUT2D eigenvalue weighted by Crippen LogP contribution is 2.38. The first kappa shape index (κ1) is 22.8. The van der Waals surface area contributed by atoms with Gasteiger partial charge >= 0.3 is 13.2 Å². The quantitative estimate of drug-likeness (QED) is 0.342. The van der Waals surface area contributed by atoms with E-state index in [-0.39, 0.29) is 12.1 Å². The number of ether oxygens (including phenoxy) is 1. The van der Waals surface area contributed by atoms with Crippen LogP contribution in [0.1, 0.15) is 61.3 Å². The highest BCUT2D eigenvalue weighted by atomic mass is 16.7. The molecule has 0 aromatic heterocycles. The number of piperidine rings is 1. The van der Waals surface area contributed by atoms with Gasteiger partial charge in [0.1, 0.15) is 5.60 Å². The Bertz CT molecular complexity index is 603. The van der Waals surface area contributed by atoms with Crippen molar-refractivity contribution in [1.29, 1.82) is 0 Å². The molecule has 0 aliphatic carbocycles. The molecule has 0 bridgehead atoms. The van der Waals surface area contributed by atoms with Gasteiger partial charge < -0.3 is 24.0 Å². The van der Waals surface area contributed by atoms with Crippen molar-refractivity contribution in [2.45, 2.75) is 84.2 Å². The smallest absolute Gasteiger partial charge is 0.444 e. The second-order valence-electron chi connectivity index (χ2n) is 9.57. The largest absolute Gasteiger partial charge is 0.496 e. The van der Waals surface area contributed by atoms with E-state index >= 15 is 0 Å². The summed E-state index contributed by atoms with van der Waals surface area (Å²) in [5, 5.41) is 1.69. The van der Waals surface area contributed by atoms with Crippen molar-refractivity contribution in [3.05, 3.63) is 24.3 Å². The normalized spacial score (nSPS) is 22.9. The predicted octanol–water partition coefficient (Wildman–Crippen LogP) is 3.26. The fourth-order valence-corrected chi connectivity index (χ4v) is 3.14. The Kier molecular flexibility index (Phi) is 6.58. The third-order valence-electron chi connectivity index (χ3n) is 5.60. The van der Waals surface area contributed by atoms with Crippen LogP contribution in [0.2, 0.25) is 0 Å². The predicted molar refractivity (Wildman–Crippen MR) is 111 cm³/mol. The van der Waals surface area contributed by atoms with E-state index in [4.69, 9.17) is 19.9 Å². The zero-order chi connectivity index (χ0) is 21.3. The van der Waals surface area contributed by atoms with Gasteiger partial charge in [0, 0.05) is 25.3 Å². The number of allylic oxidation sites excluding steroid dienone is 2. The van der Waals surface area contributed by atoms with Gasteiger partial charge in [-0.25, -0.2) is 10.6 Å². The van der Waals surface area contributed by atoms with Crippen LogP contribution in [0.15, 0.2) is 24.3 Å². The van der Waals surface area contributed by atoms with Gasteiger partial charge in [0.25, 0.3) is 0 Å². The lowest BCUT2D eigenvalue weighted by Crippen LogP contribution is -2.48. The molecular weight excluding hydrogens is 357 g/mol. The minimum absolute atomic E-state index is 0.121. The summed E-state index contributed by atoms with van der Waals surface area (Å²) in [4.78, 5) is 13.9. The minimum Gasteiger partial charge on any atom is -0.444 e. The van der Waals surface area contributed by atoms with Crippen molar-refractivity contribution in [2.75, 3.05) is 13.1 Å². The number of hydrogen-bond acceptors (Lipinski definition) is 6. The summed E-state index contributed by atoms with van der Waals surface area (Å²) in [5.41, 5.74) is -0.538. The molecule has 0 saturated carbocycles. The molecule has 158 valence electrons. The van der Waals surface area contributed by atoms with Crippen LogP contribution in [0.25, 0.3) is 0 Å². The zero-order valence-corrected chi connectivity index (χ0v) is 18.4. The lowest BCUT2D eigenvalue weighted by atomic mass is 9.78. The van der Waals surface area contributed by atoms with E-state index in [0.717, 1.165) is 18.3 Å². The van der Waals surface area contributed by atoms with Gasteiger partial charge in [-0.3, -0.25) is 0 Å². The molecule has 28 heavy (non-hydrogen) atoms. The number of carbonyl (C=O) groups excluding carboxylic acids is 1. The number of nitrogens with two attached hydrogens (primary N) is 1. The maximum absolute atomic E-state index is 12.2. The maximum Gasteiger partial charge on any atom is 0.496 e. The molecule has 0 unspecified atom stereocenters. The Balaban J connectivity index is 1.96. The van der Waals surface area contributed by atoms with Gasteiger partial charge in [-0.05, 0) is 66.8 Å². The van der Waals surface area contributed by atoms with Gasteiger partial charge in [-0.2, -0.15) is 0 Å². The second kappa shape index (κ2) is 8.09. The van der Waals surface area contributed by atoms with Crippen LogP contribution in [-0.4, -0.2) is 59.1 Å². The number of hydrogen-bond donors (Lipinski definition) is 1. The molecule has 2 aliphatic rings. The van der Waals surface area contributed by atoms with E-state index in [0.29, 0.717) is 13.1 Å². The molecule has 2 heterocycles. The van der Waals surface area contributed by atoms with Crippen molar-refractivity contribution in [3.63, 3.8) is 0 Å². The Morgan fingerprint density at radius 1 is 1.21 bits per heavy atom. The first-order valence-electron chi connectivity index (χ1n) is 9.96.